The Kier molecular flexibility index (Phi) is 16.2. The van der Waals surface area contributed by atoms with Crippen LogP contribution >= 0.6 is 24.8 Å². The molecule has 0 unspecified atom stereocenters. The average Bonchev–Trinajstić information content (AvgIpc) is 2.09. The maximum atomic E-state index is 10.9. The van der Waals surface area contributed by atoms with E-state index in [1.807, 2.05) is 0 Å². The fraction of sp³-hybridized carbons (Fsp3) is 0.500. The summed E-state index contributed by atoms with van der Waals surface area (Å²) in [5, 5.41) is 0. The lowest BCUT2D eigenvalue weighted by atomic mass is 10.1. The summed E-state index contributed by atoms with van der Waals surface area (Å²) in [6.45, 7) is 5.12. The largest absolute Gasteiger partial charge is 0.295 e. The molecule has 0 atom stereocenters. The summed E-state index contributed by atoms with van der Waals surface area (Å²) in [4.78, 5) is 21.6. The molecule has 0 aliphatic rings. The maximum absolute atomic E-state index is 10.9. The van der Waals surface area contributed by atoms with Gasteiger partial charge in [0.2, 0.25) is 0 Å². The van der Waals surface area contributed by atoms with Crippen molar-refractivity contribution in [2.24, 2.45) is 0 Å². The van der Waals surface area contributed by atoms with E-state index < -0.39 is 0 Å². The number of ketones is 2. The van der Waals surface area contributed by atoms with Gasteiger partial charge in [0.05, 0.1) is 0 Å². The highest BCUT2D eigenvalue weighted by Crippen LogP contribution is 2.09. The van der Waals surface area contributed by atoms with Crippen molar-refractivity contribution in [1.82, 2.24) is 0 Å². The molecular formula is C12H20Cl2O2. The molecule has 94 valence electrons. The van der Waals surface area contributed by atoms with Gasteiger partial charge >= 0.3 is 0 Å². The third-order valence-corrected chi connectivity index (χ3v) is 1.74. The Hall–Kier alpha value is -0.600. The minimum Gasteiger partial charge on any atom is -0.295 e. The van der Waals surface area contributed by atoms with Crippen LogP contribution in [0.25, 0.3) is 0 Å². The summed E-state index contributed by atoms with van der Waals surface area (Å²) in [6.07, 6.45) is 7.82. The first kappa shape index (κ1) is 20.8. The predicted molar refractivity (Wildman–Crippen MR) is 72.6 cm³/mol. The van der Waals surface area contributed by atoms with Gasteiger partial charge in [0.1, 0.15) is 0 Å². The fourth-order valence-corrected chi connectivity index (χ4v) is 1.07. The lowest BCUT2D eigenvalue weighted by molar-refractivity contribution is -0.113. The normalized spacial score (nSPS) is 10.6. The molecule has 0 heterocycles. The molecule has 0 radical (unpaired) electrons. The molecule has 0 N–H and O–H groups in total. The summed E-state index contributed by atoms with van der Waals surface area (Å²) >= 11 is 0. The Morgan fingerprint density at radius 3 is 1.94 bits per heavy atom. The highest BCUT2D eigenvalue weighted by Gasteiger charge is 1.95. The summed E-state index contributed by atoms with van der Waals surface area (Å²) in [5.41, 5.74) is 0.939. The van der Waals surface area contributed by atoms with Gasteiger partial charge in [0.25, 0.3) is 0 Å². The van der Waals surface area contributed by atoms with Crippen LogP contribution in [0.2, 0.25) is 0 Å². The first-order valence-electron chi connectivity index (χ1n) is 4.96. The molecule has 2 nitrogen and oxygen atoms in total. The zero-order valence-electron chi connectivity index (χ0n) is 9.99. The first-order chi connectivity index (χ1) is 6.56. The zero-order chi connectivity index (χ0) is 11.0. The van der Waals surface area contributed by atoms with Gasteiger partial charge in [-0.2, -0.15) is 0 Å². The second-order valence-corrected chi connectivity index (χ2v) is 3.38. The lowest BCUT2D eigenvalue weighted by Gasteiger charge is -1.98. The van der Waals surface area contributed by atoms with Crippen LogP contribution in [-0.2, 0) is 9.59 Å². The molecule has 0 aromatic heterocycles. The van der Waals surface area contributed by atoms with Crippen LogP contribution in [-0.4, -0.2) is 11.6 Å². The van der Waals surface area contributed by atoms with Crippen molar-refractivity contribution in [3.8, 4) is 0 Å². The van der Waals surface area contributed by atoms with Crippen molar-refractivity contribution in [2.75, 3.05) is 0 Å². The Labute approximate surface area is 110 Å². The molecule has 0 saturated heterocycles. The summed E-state index contributed by atoms with van der Waals surface area (Å²) < 4.78 is 0. The fourth-order valence-electron chi connectivity index (χ4n) is 1.07. The Balaban J connectivity index is -0.000000845. The lowest BCUT2D eigenvalue weighted by Crippen LogP contribution is -1.89. The number of allylic oxidation sites excluding steroid dienone is 4. The minimum absolute atomic E-state index is 0. The molecule has 0 saturated carbocycles. The number of hydrogen-bond donors (Lipinski definition) is 0. The molecule has 16 heavy (non-hydrogen) atoms. The van der Waals surface area contributed by atoms with Gasteiger partial charge < -0.3 is 0 Å². The van der Waals surface area contributed by atoms with E-state index in [0.29, 0.717) is 0 Å². The van der Waals surface area contributed by atoms with Gasteiger partial charge in [-0.05, 0) is 44.4 Å². The van der Waals surface area contributed by atoms with E-state index >= 15 is 0 Å². The highest BCUT2D eigenvalue weighted by molar-refractivity contribution is 5.90. The van der Waals surface area contributed by atoms with Crippen molar-refractivity contribution in [1.29, 1.82) is 0 Å². The van der Waals surface area contributed by atoms with Crippen LogP contribution in [0.1, 0.15) is 40.0 Å². The first-order valence-corrected chi connectivity index (χ1v) is 4.96. The van der Waals surface area contributed by atoms with Crippen LogP contribution < -0.4 is 0 Å². The second kappa shape index (κ2) is 12.5. The predicted octanol–water partition coefficient (Wildman–Crippen LogP) is 3.68. The molecule has 0 spiro atoms. The molecule has 4 heteroatoms. The number of carbonyl (C=O) groups excluding carboxylic acids is 2. The number of hydrogen-bond acceptors (Lipinski definition) is 2. The molecule has 0 aromatic rings. The summed E-state index contributed by atoms with van der Waals surface area (Å²) in [6, 6.07) is 0. The average molecular weight is 267 g/mol. The topological polar surface area (TPSA) is 34.1 Å². The Morgan fingerprint density at radius 2 is 1.56 bits per heavy atom. The minimum atomic E-state index is 0. The third kappa shape index (κ3) is 13.4. The number of halogens is 2. The Morgan fingerprint density at radius 1 is 1.00 bits per heavy atom. The number of carbonyl (C=O) groups is 2. The smallest absolute Gasteiger partial charge is 0.152 e. The molecule has 0 aromatic carbocycles. The monoisotopic (exact) mass is 266 g/mol. The van der Waals surface area contributed by atoms with Gasteiger partial charge in [-0.1, -0.05) is 19.4 Å². The van der Waals surface area contributed by atoms with Crippen LogP contribution in [0.4, 0.5) is 0 Å². The van der Waals surface area contributed by atoms with Crippen molar-refractivity contribution >= 4 is 36.4 Å². The van der Waals surface area contributed by atoms with E-state index in [1.54, 1.807) is 12.2 Å². The number of unbranched alkanes of at least 4 members (excludes halogenated alkanes) is 1. The van der Waals surface area contributed by atoms with Crippen molar-refractivity contribution in [2.45, 2.75) is 40.0 Å². The van der Waals surface area contributed by atoms with E-state index in [2.05, 4.69) is 6.92 Å². The molecule has 0 bridgehead atoms. The van der Waals surface area contributed by atoms with Crippen molar-refractivity contribution < 1.29 is 9.59 Å². The van der Waals surface area contributed by atoms with Gasteiger partial charge in [-0.25, -0.2) is 0 Å². The summed E-state index contributed by atoms with van der Waals surface area (Å²) in [5.74, 6) is 0.0419. The SMILES string of the molecule is CCCCC(C=CC(C)=O)=CC(C)=O.Cl.Cl. The second-order valence-electron chi connectivity index (χ2n) is 3.38. The van der Waals surface area contributed by atoms with Crippen LogP contribution in [0.5, 0.6) is 0 Å². The van der Waals surface area contributed by atoms with Crippen molar-refractivity contribution in [3.05, 3.63) is 23.8 Å². The van der Waals surface area contributed by atoms with E-state index in [1.165, 1.54) is 19.9 Å². The van der Waals surface area contributed by atoms with Gasteiger partial charge in [-0.15, -0.1) is 24.8 Å². The van der Waals surface area contributed by atoms with Crippen LogP contribution in [0, 0.1) is 0 Å². The van der Waals surface area contributed by atoms with E-state index in [9.17, 15) is 9.59 Å². The molecular weight excluding hydrogens is 247 g/mol. The molecule has 0 aliphatic carbocycles. The molecule has 0 aliphatic heterocycles. The van der Waals surface area contributed by atoms with E-state index in [4.69, 9.17) is 0 Å². The van der Waals surface area contributed by atoms with E-state index in [-0.39, 0.29) is 36.4 Å². The molecule has 0 fully saturated rings. The maximum Gasteiger partial charge on any atom is 0.152 e. The third-order valence-electron chi connectivity index (χ3n) is 1.74. The van der Waals surface area contributed by atoms with Gasteiger partial charge in [0.15, 0.2) is 11.6 Å². The number of rotatable bonds is 6. The molecule has 0 rings (SSSR count). The van der Waals surface area contributed by atoms with Gasteiger partial charge in [-0.3, -0.25) is 9.59 Å². The highest BCUT2D eigenvalue weighted by atomic mass is 35.5. The van der Waals surface area contributed by atoms with Crippen LogP contribution in [0.15, 0.2) is 23.8 Å². The molecule has 0 amide bonds. The van der Waals surface area contributed by atoms with Crippen molar-refractivity contribution in [3.63, 3.8) is 0 Å². The standard InChI is InChI=1S/C12H18O2.2ClH/c1-4-5-6-12(9-11(3)14)8-7-10(2)13;;/h7-9H,4-6H2,1-3H3;2*1H. The van der Waals surface area contributed by atoms with Gasteiger partial charge in [0, 0.05) is 0 Å². The Bertz CT molecular complexity index is 268. The quantitative estimate of drug-likeness (QED) is 0.543. The zero-order valence-corrected chi connectivity index (χ0v) is 11.6. The van der Waals surface area contributed by atoms with E-state index in [0.717, 1.165) is 24.8 Å². The summed E-state index contributed by atoms with van der Waals surface area (Å²) in [7, 11) is 0. The van der Waals surface area contributed by atoms with Crippen LogP contribution in [0.3, 0.4) is 0 Å².